The minimum Gasteiger partial charge on any atom is -0.463 e. The summed E-state index contributed by atoms with van der Waals surface area (Å²) in [5.74, 6) is -0.796. The van der Waals surface area contributed by atoms with Crippen LogP contribution in [0.5, 0.6) is 0 Å². The molecular weight excluding hydrogens is 522 g/mol. The number of amides is 1. The number of anilines is 1. The van der Waals surface area contributed by atoms with Crippen molar-refractivity contribution in [3.8, 4) is 6.07 Å². The normalized spacial score (nSPS) is 14.5. The Balaban J connectivity index is 1.31. The summed E-state index contributed by atoms with van der Waals surface area (Å²) in [7, 11) is 0. The molecule has 0 saturated carbocycles. The van der Waals surface area contributed by atoms with Gasteiger partial charge in [0, 0.05) is 31.4 Å². The highest BCUT2D eigenvalue weighted by Gasteiger charge is 2.13. The van der Waals surface area contributed by atoms with Crippen LogP contribution in [0.15, 0.2) is 42.0 Å². The molecule has 3 rings (SSSR count). The largest absolute Gasteiger partial charge is 0.463 e. The molecule has 41 heavy (non-hydrogen) atoms. The second-order valence-electron chi connectivity index (χ2n) is 10.1. The number of hydrogen-bond donors (Lipinski definition) is 3. The number of fused-ring (bicyclic) bond motifs is 1. The number of carbonyl (C=O) groups excluding carboxylic acids is 2. The zero-order chi connectivity index (χ0) is 29.3. The van der Waals surface area contributed by atoms with Gasteiger partial charge in [-0.3, -0.25) is 9.59 Å². The van der Waals surface area contributed by atoms with Crippen LogP contribution in [-0.4, -0.2) is 77.1 Å². The summed E-state index contributed by atoms with van der Waals surface area (Å²) in [5, 5.41) is 14.4. The molecule has 0 radical (unpaired) electrons. The Morgan fingerprint density at radius 2 is 1.71 bits per heavy atom. The minimum atomic E-state index is -0.447. The molecule has 1 amide bonds. The Hall–Kier alpha value is -3.49. The van der Waals surface area contributed by atoms with Crippen molar-refractivity contribution in [2.24, 2.45) is 11.5 Å². The zero-order valence-electron chi connectivity index (χ0n) is 23.8. The van der Waals surface area contributed by atoms with Crippen LogP contribution in [0, 0.1) is 11.3 Å². The van der Waals surface area contributed by atoms with Crippen molar-refractivity contribution in [2.75, 3.05) is 64.1 Å². The summed E-state index contributed by atoms with van der Waals surface area (Å²) in [5.41, 5.74) is 13.3. The molecule has 1 saturated heterocycles. The van der Waals surface area contributed by atoms with Crippen molar-refractivity contribution in [3.05, 3.63) is 47.5 Å². The van der Waals surface area contributed by atoms with Crippen molar-refractivity contribution in [3.63, 3.8) is 0 Å². The average molecular weight is 566 g/mol. The van der Waals surface area contributed by atoms with Gasteiger partial charge in [0.15, 0.2) is 0 Å². The van der Waals surface area contributed by atoms with E-state index < -0.39 is 5.91 Å². The maximum absolute atomic E-state index is 12.5. The maximum atomic E-state index is 12.5. The Bertz CT molecular complexity index is 1190. The number of esters is 1. The predicted octanol–water partition coefficient (Wildman–Crippen LogP) is 2.89. The van der Waals surface area contributed by atoms with Gasteiger partial charge >= 0.3 is 5.97 Å². The van der Waals surface area contributed by atoms with E-state index in [1.165, 1.54) is 24.9 Å². The van der Waals surface area contributed by atoms with Gasteiger partial charge in [-0.25, -0.2) is 0 Å². The standard InChI is InChI=1S/C31H43N5O5/c32-10-4-5-28(34)22-30(37)41-18-17-40-16-15-39-14-11-35-31(38)27(23-33)20-24-6-7-26-21-29(9-8-25(26)19-24)36-12-2-1-3-13-36/h6-9,19-21,28H,1-5,10-18,22,32,34H2,(H,35,38)/b27-20+/t28-/m0/s1. The number of rotatable bonds is 17. The molecule has 1 atom stereocenters. The van der Waals surface area contributed by atoms with Crippen LogP contribution in [0.25, 0.3) is 16.8 Å². The summed E-state index contributed by atoms with van der Waals surface area (Å²) < 4.78 is 15.9. The molecule has 0 bridgehead atoms. The molecule has 1 heterocycles. The fourth-order valence-corrected chi connectivity index (χ4v) is 4.63. The molecule has 0 spiro atoms. The van der Waals surface area contributed by atoms with Gasteiger partial charge in [-0.05, 0) is 79.3 Å². The topological polar surface area (TPSA) is 153 Å². The molecule has 2 aromatic carbocycles. The SMILES string of the molecule is N#C/C(=C\c1ccc2cc(N3CCCCC3)ccc2c1)C(=O)NCCOCCOCCOC(=O)C[C@@H](N)CCCN. The second-order valence-corrected chi connectivity index (χ2v) is 10.1. The van der Waals surface area contributed by atoms with E-state index in [4.69, 9.17) is 25.7 Å². The fourth-order valence-electron chi connectivity index (χ4n) is 4.63. The van der Waals surface area contributed by atoms with Crippen LogP contribution >= 0.6 is 0 Å². The molecule has 2 aromatic rings. The summed E-state index contributed by atoms with van der Waals surface area (Å²) in [6, 6.07) is 14.1. The van der Waals surface area contributed by atoms with Gasteiger partial charge in [0.05, 0.1) is 32.8 Å². The lowest BCUT2D eigenvalue weighted by Gasteiger charge is -2.29. The Morgan fingerprint density at radius 1 is 1.00 bits per heavy atom. The molecule has 1 fully saturated rings. The number of hydrogen-bond acceptors (Lipinski definition) is 9. The van der Waals surface area contributed by atoms with E-state index in [2.05, 4.69) is 28.4 Å². The van der Waals surface area contributed by atoms with Gasteiger partial charge in [0.1, 0.15) is 18.2 Å². The van der Waals surface area contributed by atoms with E-state index in [9.17, 15) is 14.9 Å². The third-order valence-corrected chi connectivity index (χ3v) is 6.85. The minimum absolute atomic E-state index is 0.0347. The third-order valence-electron chi connectivity index (χ3n) is 6.85. The molecule has 1 aliphatic heterocycles. The number of piperidine rings is 1. The van der Waals surface area contributed by atoms with Crippen molar-refractivity contribution >= 4 is 34.4 Å². The highest BCUT2D eigenvalue weighted by Crippen LogP contribution is 2.26. The Kier molecular flexibility index (Phi) is 14.1. The van der Waals surface area contributed by atoms with E-state index in [-0.39, 0.29) is 50.4 Å². The lowest BCUT2D eigenvalue weighted by molar-refractivity contribution is -0.145. The molecule has 0 aliphatic carbocycles. The number of nitrogens with two attached hydrogens (primary N) is 2. The number of benzene rings is 2. The van der Waals surface area contributed by atoms with Crippen LogP contribution in [0.3, 0.4) is 0 Å². The predicted molar refractivity (Wildman–Crippen MR) is 160 cm³/mol. The maximum Gasteiger partial charge on any atom is 0.307 e. The number of nitriles is 1. The van der Waals surface area contributed by atoms with Crippen LogP contribution in [0.1, 0.15) is 44.1 Å². The fraction of sp³-hybridized carbons (Fsp3) is 0.516. The smallest absolute Gasteiger partial charge is 0.307 e. The molecule has 0 aromatic heterocycles. The monoisotopic (exact) mass is 565 g/mol. The highest BCUT2D eigenvalue weighted by molar-refractivity contribution is 6.02. The summed E-state index contributed by atoms with van der Waals surface area (Å²) in [6.45, 7) is 4.34. The summed E-state index contributed by atoms with van der Waals surface area (Å²) in [4.78, 5) is 26.6. The molecule has 1 aliphatic rings. The summed E-state index contributed by atoms with van der Waals surface area (Å²) >= 11 is 0. The summed E-state index contributed by atoms with van der Waals surface area (Å²) in [6.07, 6.45) is 7.00. The Morgan fingerprint density at radius 3 is 2.46 bits per heavy atom. The lowest BCUT2D eigenvalue weighted by atomic mass is 10.0. The van der Waals surface area contributed by atoms with Crippen LogP contribution in [-0.2, 0) is 23.8 Å². The van der Waals surface area contributed by atoms with Gasteiger partial charge < -0.3 is 35.9 Å². The van der Waals surface area contributed by atoms with Crippen molar-refractivity contribution in [1.29, 1.82) is 5.26 Å². The quantitative estimate of drug-likeness (QED) is 0.114. The van der Waals surface area contributed by atoms with Gasteiger partial charge in [0.2, 0.25) is 0 Å². The van der Waals surface area contributed by atoms with Crippen LogP contribution in [0.2, 0.25) is 0 Å². The van der Waals surface area contributed by atoms with Gasteiger partial charge in [0.25, 0.3) is 5.91 Å². The first-order chi connectivity index (χ1) is 20.0. The van der Waals surface area contributed by atoms with Gasteiger partial charge in [-0.2, -0.15) is 5.26 Å². The van der Waals surface area contributed by atoms with E-state index >= 15 is 0 Å². The molecular formula is C31H43N5O5. The molecule has 10 nitrogen and oxygen atoms in total. The first kappa shape index (κ1) is 32.0. The van der Waals surface area contributed by atoms with E-state index in [0.29, 0.717) is 26.2 Å². The Labute approximate surface area is 242 Å². The first-order valence-corrected chi connectivity index (χ1v) is 14.5. The van der Waals surface area contributed by atoms with Crippen molar-refractivity contribution in [2.45, 2.75) is 44.6 Å². The molecule has 5 N–H and O–H groups in total. The van der Waals surface area contributed by atoms with Crippen molar-refractivity contribution in [1.82, 2.24) is 5.32 Å². The zero-order valence-corrected chi connectivity index (χ0v) is 23.8. The lowest BCUT2D eigenvalue weighted by Crippen LogP contribution is -2.29. The van der Waals surface area contributed by atoms with E-state index in [0.717, 1.165) is 35.8 Å². The van der Waals surface area contributed by atoms with Gasteiger partial charge in [-0.1, -0.05) is 18.2 Å². The third kappa shape index (κ3) is 11.5. The molecule has 10 heteroatoms. The van der Waals surface area contributed by atoms with Crippen LogP contribution < -0.4 is 21.7 Å². The molecule has 222 valence electrons. The number of ether oxygens (including phenoxy) is 3. The number of nitrogens with zero attached hydrogens (tertiary/aromatic N) is 2. The highest BCUT2D eigenvalue weighted by atomic mass is 16.6. The van der Waals surface area contributed by atoms with E-state index in [1.807, 2.05) is 24.3 Å². The number of carbonyl (C=O) groups is 2. The molecule has 0 unspecified atom stereocenters. The van der Waals surface area contributed by atoms with Crippen LogP contribution in [0.4, 0.5) is 5.69 Å². The van der Waals surface area contributed by atoms with Crippen molar-refractivity contribution < 1.29 is 23.8 Å². The van der Waals surface area contributed by atoms with E-state index in [1.54, 1.807) is 6.08 Å². The average Bonchev–Trinajstić information content (AvgIpc) is 2.99. The second kappa shape index (κ2) is 18.0. The number of nitrogens with one attached hydrogen (secondary N) is 1. The first-order valence-electron chi connectivity index (χ1n) is 14.5. The van der Waals surface area contributed by atoms with Gasteiger partial charge in [-0.15, -0.1) is 0 Å².